The van der Waals surface area contributed by atoms with E-state index in [-0.39, 0.29) is 11.6 Å². The second-order valence-corrected chi connectivity index (χ2v) is 6.52. The van der Waals surface area contributed by atoms with Crippen molar-refractivity contribution in [2.75, 3.05) is 25.6 Å². The van der Waals surface area contributed by atoms with Crippen molar-refractivity contribution < 1.29 is 13.5 Å². The van der Waals surface area contributed by atoms with E-state index in [1.165, 1.54) is 17.5 Å². The van der Waals surface area contributed by atoms with Gasteiger partial charge in [-0.3, -0.25) is 5.10 Å². The van der Waals surface area contributed by atoms with Crippen LogP contribution in [0.15, 0.2) is 11.2 Å². The molecule has 0 amide bonds. The van der Waals surface area contributed by atoms with Gasteiger partial charge in [0.25, 0.3) is 10.0 Å². The maximum atomic E-state index is 12.1. The summed E-state index contributed by atoms with van der Waals surface area (Å²) in [5, 5.41) is 15.1. The fourth-order valence-electron chi connectivity index (χ4n) is 1.34. The second kappa shape index (κ2) is 6.39. The Morgan fingerprint density at radius 2 is 2.29 bits per heavy atom. The van der Waals surface area contributed by atoms with Crippen LogP contribution in [-0.2, 0) is 16.6 Å². The van der Waals surface area contributed by atoms with Crippen molar-refractivity contribution in [3.8, 4) is 0 Å². The van der Waals surface area contributed by atoms with Gasteiger partial charge in [-0.25, -0.2) is 8.42 Å². The molecular weight excluding hydrogens is 262 g/mol. The molecule has 0 fully saturated rings. The molecule has 0 aromatic carbocycles. The number of aromatic nitrogens is 2. The monoisotopic (exact) mass is 279 g/mol. The Morgan fingerprint density at radius 1 is 1.59 bits per heavy atom. The van der Waals surface area contributed by atoms with Gasteiger partial charge in [-0.1, -0.05) is 0 Å². The molecule has 1 rings (SSSR count). The molecule has 0 aliphatic carbocycles. The molecule has 0 atom stereocenters. The lowest BCUT2D eigenvalue weighted by Crippen LogP contribution is -2.29. The molecule has 0 aliphatic rings. The van der Waals surface area contributed by atoms with Crippen molar-refractivity contribution in [3.05, 3.63) is 11.8 Å². The van der Waals surface area contributed by atoms with Crippen LogP contribution in [0.5, 0.6) is 0 Å². The van der Waals surface area contributed by atoms with Crippen molar-refractivity contribution in [2.24, 2.45) is 0 Å². The number of aliphatic hydroxyl groups is 1. The zero-order valence-corrected chi connectivity index (χ0v) is 11.5. The van der Waals surface area contributed by atoms with Crippen molar-refractivity contribution in [3.63, 3.8) is 0 Å². The standard InChI is InChI=1S/C9H17N3O3S2/c1-12(4-3-5-16-2)17(14,15)9-8(7-13)6-10-11-9/h6,13H,3-5,7H2,1-2H3,(H,10,11). The van der Waals surface area contributed by atoms with Gasteiger partial charge in [0.2, 0.25) is 0 Å². The molecule has 17 heavy (non-hydrogen) atoms. The van der Waals surface area contributed by atoms with E-state index in [1.807, 2.05) is 6.26 Å². The predicted octanol–water partition coefficient (Wildman–Crippen LogP) is 0.276. The Balaban J connectivity index is 2.80. The van der Waals surface area contributed by atoms with Gasteiger partial charge >= 0.3 is 0 Å². The topological polar surface area (TPSA) is 86.3 Å². The third kappa shape index (κ3) is 3.44. The molecule has 1 aromatic heterocycles. The Kier molecular flexibility index (Phi) is 5.44. The van der Waals surface area contributed by atoms with Gasteiger partial charge in [0.15, 0.2) is 5.03 Å². The molecule has 0 radical (unpaired) electrons. The first kappa shape index (κ1) is 14.5. The van der Waals surface area contributed by atoms with Crippen LogP contribution in [0.2, 0.25) is 0 Å². The number of rotatable bonds is 7. The average Bonchev–Trinajstić information content (AvgIpc) is 2.77. The summed E-state index contributed by atoms with van der Waals surface area (Å²) in [6.07, 6.45) is 4.09. The molecule has 8 heteroatoms. The highest BCUT2D eigenvalue weighted by Gasteiger charge is 2.25. The zero-order valence-electron chi connectivity index (χ0n) is 9.88. The van der Waals surface area contributed by atoms with Crippen LogP contribution in [0, 0.1) is 0 Å². The minimum atomic E-state index is -3.57. The van der Waals surface area contributed by atoms with E-state index >= 15 is 0 Å². The number of thioether (sulfide) groups is 1. The fraction of sp³-hybridized carbons (Fsp3) is 0.667. The van der Waals surface area contributed by atoms with E-state index in [1.54, 1.807) is 11.8 Å². The van der Waals surface area contributed by atoms with Crippen molar-refractivity contribution in [1.29, 1.82) is 0 Å². The molecule has 0 unspecified atom stereocenters. The van der Waals surface area contributed by atoms with E-state index in [0.717, 1.165) is 12.2 Å². The summed E-state index contributed by atoms with van der Waals surface area (Å²) in [6, 6.07) is 0. The van der Waals surface area contributed by atoms with Gasteiger partial charge in [0.05, 0.1) is 12.8 Å². The van der Waals surface area contributed by atoms with E-state index < -0.39 is 10.0 Å². The first-order valence-electron chi connectivity index (χ1n) is 5.12. The van der Waals surface area contributed by atoms with Crippen molar-refractivity contribution in [2.45, 2.75) is 18.1 Å². The molecule has 98 valence electrons. The molecule has 0 saturated carbocycles. The molecule has 6 nitrogen and oxygen atoms in total. The van der Waals surface area contributed by atoms with Gasteiger partial charge in [-0.05, 0) is 18.4 Å². The first-order valence-corrected chi connectivity index (χ1v) is 7.95. The summed E-state index contributed by atoms with van der Waals surface area (Å²) in [4.78, 5) is 0. The highest BCUT2D eigenvalue weighted by molar-refractivity contribution is 7.98. The third-order valence-electron chi connectivity index (χ3n) is 2.34. The molecule has 2 N–H and O–H groups in total. The molecule has 0 spiro atoms. The summed E-state index contributed by atoms with van der Waals surface area (Å²) in [5.41, 5.74) is 0.293. The highest BCUT2D eigenvalue weighted by Crippen LogP contribution is 2.16. The molecule has 0 aliphatic heterocycles. The number of aliphatic hydroxyl groups excluding tert-OH is 1. The van der Waals surface area contributed by atoms with Crippen LogP contribution in [-0.4, -0.2) is 53.6 Å². The lowest BCUT2D eigenvalue weighted by molar-refractivity contribution is 0.278. The minimum absolute atomic E-state index is 0.0216. The highest BCUT2D eigenvalue weighted by atomic mass is 32.2. The Morgan fingerprint density at radius 3 is 2.88 bits per heavy atom. The van der Waals surface area contributed by atoms with Crippen LogP contribution in [0.4, 0.5) is 0 Å². The SMILES string of the molecule is CSCCCN(C)S(=O)(=O)c1[nH]ncc1CO. The minimum Gasteiger partial charge on any atom is -0.392 e. The lowest BCUT2D eigenvalue weighted by Gasteiger charge is -2.16. The van der Waals surface area contributed by atoms with Crippen LogP contribution in [0.3, 0.4) is 0 Å². The molecule has 1 aromatic rings. The first-order chi connectivity index (χ1) is 8.04. The number of nitrogens with one attached hydrogen (secondary N) is 1. The van der Waals surface area contributed by atoms with Crippen molar-refractivity contribution >= 4 is 21.8 Å². The number of aromatic amines is 1. The van der Waals surface area contributed by atoms with E-state index in [2.05, 4.69) is 10.2 Å². The quantitative estimate of drug-likeness (QED) is 0.700. The summed E-state index contributed by atoms with van der Waals surface area (Å²) in [7, 11) is -2.05. The number of hydrogen-bond acceptors (Lipinski definition) is 5. The van der Waals surface area contributed by atoms with E-state index in [9.17, 15) is 8.42 Å². The maximum absolute atomic E-state index is 12.1. The smallest absolute Gasteiger partial charge is 0.260 e. The number of sulfonamides is 1. The van der Waals surface area contributed by atoms with E-state index in [0.29, 0.717) is 12.1 Å². The van der Waals surface area contributed by atoms with Crippen LogP contribution < -0.4 is 0 Å². The molecule has 1 heterocycles. The fourth-order valence-corrected chi connectivity index (χ4v) is 3.06. The Hall–Kier alpha value is -0.570. The number of hydrogen-bond donors (Lipinski definition) is 2. The summed E-state index contributed by atoms with van der Waals surface area (Å²) in [6.45, 7) is 0.108. The summed E-state index contributed by atoms with van der Waals surface area (Å²) in [5.74, 6) is 0.912. The second-order valence-electron chi connectivity index (χ2n) is 3.56. The van der Waals surface area contributed by atoms with Gasteiger partial charge in [-0.2, -0.15) is 21.2 Å². The van der Waals surface area contributed by atoms with Crippen LogP contribution in [0.25, 0.3) is 0 Å². The normalized spacial score (nSPS) is 12.2. The number of nitrogens with zero attached hydrogens (tertiary/aromatic N) is 2. The lowest BCUT2D eigenvalue weighted by atomic mass is 10.4. The Labute approximate surface area is 105 Å². The van der Waals surface area contributed by atoms with Gasteiger partial charge < -0.3 is 5.11 Å². The van der Waals surface area contributed by atoms with Crippen LogP contribution in [0.1, 0.15) is 12.0 Å². The van der Waals surface area contributed by atoms with Crippen molar-refractivity contribution in [1.82, 2.24) is 14.5 Å². The van der Waals surface area contributed by atoms with E-state index in [4.69, 9.17) is 5.11 Å². The molecular formula is C9H17N3O3S2. The molecule has 0 saturated heterocycles. The third-order valence-corrected chi connectivity index (χ3v) is 4.91. The Bertz CT molecular complexity index is 444. The molecule has 0 bridgehead atoms. The van der Waals surface area contributed by atoms with Gasteiger partial charge in [0.1, 0.15) is 0 Å². The average molecular weight is 279 g/mol. The van der Waals surface area contributed by atoms with Gasteiger partial charge in [-0.15, -0.1) is 0 Å². The maximum Gasteiger partial charge on any atom is 0.260 e. The predicted molar refractivity (Wildman–Crippen MR) is 67.3 cm³/mol. The zero-order chi connectivity index (χ0) is 12.9. The summed E-state index contributed by atoms with van der Waals surface area (Å²) >= 11 is 1.68. The van der Waals surface area contributed by atoms with Crippen LogP contribution >= 0.6 is 11.8 Å². The summed E-state index contributed by atoms with van der Waals surface area (Å²) < 4.78 is 25.5. The largest absolute Gasteiger partial charge is 0.392 e. The number of H-pyrrole nitrogens is 1. The van der Waals surface area contributed by atoms with Gasteiger partial charge in [0, 0.05) is 19.2 Å².